The summed E-state index contributed by atoms with van der Waals surface area (Å²) < 4.78 is 31.2. The van der Waals surface area contributed by atoms with Crippen molar-refractivity contribution in [1.82, 2.24) is 4.90 Å². The number of benzene rings is 4. The summed E-state index contributed by atoms with van der Waals surface area (Å²) in [6, 6.07) is 33.4. The second-order valence-electron chi connectivity index (χ2n) is 9.21. The van der Waals surface area contributed by atoms with Gasteiger partial charge < -0.3 is 13.8 Å². The number of hydrogen-bond donors (Lipinski definition) is 0. The maximum atomic E-state index is 14.1. The number of hydrogen-bond acceptors (Lipinski definition) is 8. The highest BCUT2D eigenvalue weighted by atomic mass is 31.2. The number of rotatable bonds is 13. The number of carbonyl (C=O) groups excluding carboxylic acids is 1. The summed E-state index contributed by atoms with van der Waals surface area (Å²) >= 11 is 0. The van der Waals surface area contributed by atoms with Gasteiger partial charge in [-0.2, -0.15) is 0 Å². The van der Waals surface area contributed by atoms with E-state index in [9.17, 15) is 19.5 Å². The van der Waals surface area contributed by atoms with Crippen molar-refractivity contribution in [1.29, 1.82) is 0 Å². The van der Waals surface area contributed by atoms with Gasteiger partial charge in [0.2, 0.25) is 0 Å². The van der Waals surface area contributed by atoms with Gasteiger partial charge in [-0.1, -0.05) is 91.0 Å². The van der Waals surface area contributed by atoms with Crippen molar-refractivity contribution in [2.24, 2.45) is 0 Å². The smallest absolute Gasteiger partial charge is 0.351 e. The molecule has 0 N–H and O–H groups in total. The first-order valence-corrected chi connectivity index (χ1v) is 14.5. The summed E-state index contributed by atoms with van der Waals surface area (Å²) in [4.78, 5) is 25.8. The monoisotopic (exact) mass is 574 g/mol. The fourth-order valence-corrected chi connectivity index (χ4v) is 6.23. The Labute approximate surface area is 239 Å². The number of non-ortho nitro benzene ring substituents is 1. The molecule has 0 fully saturated rings. The van der Waals surface area contributed by atoms with E-state index >= 15 is 0 Å². The van der Waals surface area contributed by atoms with E-state index in [2.05, 4.69) is 0 Å². The van der Waals surface area contributed by atoms with Crippen molar-refractivity contribution in [2.45, 2.75) is 18.4 Å². The largest absolute Gasteiger partial charge is 0.453 e. The third kappa shape index (κ3) is 7.54. The maximum Gasteiger partial charge on any atom is 0.351 e. The van der Waals surface area contributed by atoms with Crippen LogP contribution in [0.3, 0.4) is 0 Å². The predicted molar refractivity (Wildman–Crippen MR) is 155 cm³/mol. The van der Waals surface area contributed by atoms with Crippen molar-refractivity contribution in [3.8, 4) is 0 Å². The molecule has 0 aliphatic heterocycles. The van der Waals surface area contributed by atoms with Gasteiger partial charge in [0.25, 0.3) is 5.69 Å². The third-order valence-corrected chi connectivity index (χ3v) is 8.86. The summed E-state index contributed by atoms with van der Waals surface area (Å²) in [6.07, 6.45) is -0.795. The van der Waals surface area contributed by atoms with Gasteiger partial charge in [0.05, 0.1) is 10.5 Å². The van der Waals surface area contributed by atoms with Gasteiger partial charge >= 0.3 is 13.6 Å². The van der Waals surface area contributed by atoms with Gasteiger partial charge in [-0.15, -0.1) is 0 Å². The molecule has 2 atom stereocenters. The fraction of sp³-hybridized carbons (Fsp3) is 0.194. The van der Waals surface area contributed by atoms with E-state index in [1.54, 1.807) is 0 Å². The van der Waals surface area contributed by atoms with Gasteiger partial charge in [-0.25, -0.2) is 4.79 Å². The minimum absolute atomic E-state index is 0.129. The number of nitro benzene ring substituents is 1. The lowest BCUT2D eigenvalue weighted by Gasteiger charge is -2.37. The van der Waals surface area contributed by atoms with Gasteiger partial charge in [-0.05, 0) is 28.8 Å². The Kier molecular flexibility index (Phi) is 10.2. The topological polar surface area (TPSA) is 108 Å². The SMILES string of the molecule is COP(=O)(OC)[C@H](c1ccccc1)N(Cc1ccccc1)C[C@H](OC(=O)c1ccc([N+](=O)[O-])cc1)c1ccccc1. The lowest BCUT2D eigenvalue weighted by molar-refractivity contribution is -0.384. The Morgan fingerprint density at radius 2 is 1.32 bits per heavy atom. The first-order valence-electron chi connectivity index (χ1n) is 12.9. The van der Waals surface area contributed by atoms with Gasteiger partial charge in [0.15, 0.2) is 0 Å². The first kappa shape index (κ1) is 29.8. The Morgan fingerprint density at radius 1 is 0.805 bits per heavy atom. The minimum atomic E-state index is -3.74. The maximum absolute atomic E-state index is 14.1. The standard InChI is InChI=1S/C31H31N2O7P/c1-38-41(37,39-2)30(26-16-10-5-11-17-26)32(22-24-12-6-3-7-13-24)23-29(25-14-8-4-9-15-25)40-31(34)27-18-20-28(21-19-27)33(35)36/h3-21,29-30H,22-23H2,1-2H3/t29-,30+/m0/s1. The Balaban J connectivity index is 1.76. The van der Waals surface area contributed by atoms with Crippen LogP contribution in [0.4, 0.5) is 5.69 Å². The molecule has 0 unspecified atom stereocenters. The van der Waals surface area contributed by atoms with Crippen LogP contribution in [0.1, 0.15) is 38.9 Å². The van der Waals surface area contributed by atoms with E-state index in [-0.39, 0.29) is 17.8 Å². The second kappa shape index (κ2) is 14.0. The number of nitrogens with zero attached hydrogens (tertiary/aromatic N) is 2. The molecule has 4 aromatic rings. The normalized spacial score (nSPS) is 13.0. The molecule has 0 saturated heterocycles. The average Bonchev–Trinajstić information content (AvgIpc) is 3.02. The fourth-order valence-electron chi connectivity index (χ4n) is 4.57. The lowest BCUT2D eigenvalue weighted by Crippen LogP contribution is -2.34. The summed E-state index contributed by atoms with van der Waals surface area (Å²) in [5.41, 5.74) is 2.42. The summed E-state index contributed by atoms with van der Waals surface area (Å²) in [7, 11) is -1.04. The van der Waals surface area contributed by atoms with Gasteiger partial charge in [-0.3, -0.25) is 19.6 Å². The Morgan fingerprint density at radius 3 is 1.83 bits per heavy atom. The van der Waals surface area contributed by atoms with Crippen LogP contribution in [-0.4, -0.2) is 36.6 Å². The molecule has 9 nitrogen and oxygen atoms in total. The molecule has 0 amide bonds. The van der Waals surface area contributed by atoms with Crippen LogP contribution in [0.2, 0.25) is 0 Å². The van der Waals surface area contributed by atoms with Crippen molar-refractivity contribution in [2.75, 3.05) is 20.8 Å². The van der Waals surface area contributed by atoms with Crippen molar-refractivity contribution in [3.05, 3.63) is 148 Å². The Bertz CT molecular complexity index is 1460. The summed E-state index contributed by atoms with van der Waals surface area (Å²) in [5.74, 6) is -1.48. The van der Waals surface area contributed by atoms with Crippen LogP contribution in [0.15, 0.2) is 115 Å². The quantitative estimate of drug-likeness (QED) is 0.0715. The van der Waals surface area contributed by atoms with Gasteiger partial charge in [0, 0.05) is 39.4 Å². The zero-order valence-electron chi connectivity index (χ0n) is 22.7. The van der Waals surface area contributed by atoms with Crippen molar-refractivity contribution < 1.29 is 28.1 Å². The van der Waals surface area contributed by atoms with Crippen LogP contribution in [-0.2, 0) is 24.9 Å². The number of ether oxygens (including phenoxy) is 1. The second-order valence-corrected chi connectivity index (χ2v) is 11.5. The molecule has 4 aromatic carbocycles. The highest BCUT2D eigenvalue weighted by Crippen LogP contribution is 2.61. The molecule has 212 valence electrons. The molecule has 0 aliphatic carbocycles. The molecular formula is C31H31N2O7P. The van der Waals surface area contributed by atoms with Gasteiger partial charge in [0.1, 0.15) is 11.9 Å². The number of nitro groups is 1. The summed E-state index contributed by atoms with van der Waals surface area (Å²) in [6.45, 7) is 0.476. The molecular weight excluding hydrogens is 543 g/mol. The molecule has 0 spiro atoms. The van der Waals surface area contributed by atoms with Crippen molar-refractivity contribution >= 4 is 19.3 Å². The number of esters is 1. The molecule has 4 rings (SSSR count). The van der Waals surface area contributed by atoms with Crippen LogP contribution >= 0.6 is 7.60 Å². The Hall–Kier alpha value is -4.14. The molecule has 10 heteroatoms. The zero-order chi connectivity index (χ0) is 29.2. The average molecular weight is 575 g/mol. The van der Waals surface area contributed by atoms with E-state index < -0.39 is 30.4 Å². The molecule has 41 heavy (non-hydrogen) atoms. The molecule has 0 saturated carbocycles. The van der Waals surface area contributed by atoms with Crippen LogP contribution in [0.25, 0.3) is 0 Å². The van der Waals surface area contributed by atoms with Crippen LogP contribution in [0, 0.1) is 10.1 Å². The first-order chi connectivity index (χ1) is 19.8. The molecule has 0 aromatic heterocycles. The van der Waals surface area contributed by atoms with Crippen molar-refractivity contribution in [3.63, 3.8) is 0 Å². The molecule has 0 bridgehead atoms. The van der Waals surface area contributed by atoms with E-state index in [1.807, 2.05) is 95.9 Å². The molecule has 0 radical (unpaired) electrons. The van der Waals surface area contributed by atoms with E-state index in [0.29, 0.717) is 12.1 Å². The minimum Gasteiger partial charge on any atom is -0.453 e. The van der Waals surface area contributed by atoms with Crippen LogP contribution < -0.4 is 0 Å². The zero-order valence-corrected chi connectivity index (χ0v) is 23.6. The predicted octanol–water partition coefficient (Wildman–Crippen LogP) is 7.18. The summed E-state index contributed by atoms with van der Waals surface area (Å²) in [5, 5.41) is 11.1. The molecule has 0 heterocycles. The highest BCUT2D eigenvalue weighted by molar-refractivity contribution is 7.54. The molecule has 0 aliphatic rings. The third-order valence-electron chi connectivity index (χ3n) is 6.62. The van der Waals surface area contributed by atoms with Crippen LogP contribution in [0.5, 0.6) is 0 Å². The number of carbonyl (C=O) groups is 1. The van der Waals surface area contributed by atoms with E-state index in [0.717, 1.165) is 11.1 Å². The lowest BCUT2D eigenvalue weighted by atomic mass is 10.1. The van der Waals surface area contributed by atoms with E-state index in [1.165, 1.54) is 38.5 Å². The van der Waals surface area contributed by atoms with E-state index in [4.69, 9.17) is 13.8 Å². The highest BCUT2D eigenvalue weighted by Gasteiger charge is 2.41.